The van der Waals surface area contributed by atoms with Crippen molar-refractivity contribution in [2.45, 2.75) is 13.3 Å². The van der Waals surface area contributed by atoms with Crippen molar-refractivity contribution >= 4 is 11.8 Å². The van der Waals surface area contributed by atoms with E-state index in [1.807, 2.05) is 11.8 Å². The van der Waals surface area contributed by atoms with Gasteiger partial charge in [0.2, 0.25) is 0 Å². The standard InChI is InChI=1S/C8H17NS/c1-4-8(2)7-9-5-6-10-3/h9H,2,4-7H2,1,3H3. The van der Waals surface area contributed by atoms with Crippen molar-refractivity contribution < 1.29 is 0 Å². The molecule has 0 saturated carbocycles. The number of thioether (sulfide) groups is 1. The van der Waals surface area contributed by atoms with Crippen LogP contribution in [0, 0.1) is 0 Å². The molecule has 0 aliphatic rings. The predicted octanol–water partition coefficient (Wildman–Crippen LogP) is 1.91. The summed E-state index contributed by atoms with van der Waals surface area (Å²) in [6, 6.07) is 0. The van der Waals surface area contributed by atoms with Crippen molar-refractivity contribution in [1.29, 1.82) is 0 Å². The van der Waals surface area contributed by atoms with Crippen LogP contribution < -0.4 is 5.32 Å². The Balaban J connectivity index is 2.96. The van der Waals surface area contributed by atoms with E-state index in [4.69, 9.17) is 0 Å². The monoisotopic (exact) mass is 159 g/mol. The normalized spacial score (nSPS) is 9.80. The van der Waals surface area contributed by atoms with Gasteiger partial charge in [-0.3, -0.25) is 0 Å². The van der Waals surface area contributed by atoms with E-state index >= 15 is 0 Å². The molecule has 0 spiro atoms. The first-order chi connectivity index (χ1) is 4.81. The minimum Gasteiger partial charge on any atom is -0.312 e. The molecule has 0 amide bonds. The van der Waals surface area contributed by atoms with Crippen molar-refractivity contribution in [1.82, 2.24) is 5.32 Å². The summed E-state index contributed by atoms with van der Waals surface area (Å²) < 4.78 is 0. The molecule has 0 atom stereocenters. The van der Waals surface area contributed by atoms with Gasteiger partial charge in [-0.1, -0.05) is 19.1 Å². The zero-order valence-electron chi connectivity index (χ0n) is 6.94. The highest BCUT2D eigenvalue weighted by Gasteiger charge is 1.88. The van der Waals surface area contributed by atoms with Crippen LogP contribution in [-0.4, -0.2) is 25.1 Å². The maximum atomic E-state index is 3.90. The molecule has 60 valence electrons. The Bertz CT molecular complexity index is 91.3. The van der Waals surface area contributed by atoms with Crippen molar-refractivity contribution in [2.75, 3.05) is 25.1 Å². The van der Waals surface area contributed by atoms with Gasteiger partial charge in [0.25, 0.3) is 0 Å². The minimum absolute atomic E-state index is 0.983. The molecule has 0 aromatic heterocycles. The summed E-state index contributed by atoms with van der Waals surface area (Å²) in [5, 5.41) is 3.32. The Hall–Kier alpha value is 0.0500. The Morgan fingerprint density at radius 3 is 2.80 bits per heavy atom. The third kappa shape index (κ3) is 6.17. The maximum Gasteiger partial charge on any atom is 0.0162 e. The average Bonchev–Trinajstić information content (AvgIpc) is 1.98. The number of rotatable bonds is 6. The summed E-state index contributed by atoms with van der Waals surface area (Å²) in [7, 11) is 0. The molecule has 10 heavy (non-hydrogen) atoms. The first kappa shape index (κ1) is 10.0. The Kier molecular flexibility index (Phi) is 7.20. The lowest BCUT2D eigenvalue weighted by atomic mass is 10.2. The van der Waals surface area contributed by atoms with Crippen LogP contribution in [0.5, 0.6) is 0 Å². The third-order valence-corrected chi connectivity index (χ3v) is 1.97. The summed E-state index contributed by atoms with van der Waals surface area (Å²) in [4.78, 5) is 0. The molecule has 0 bridgehead atoms. The second-order valence-electron chi connectivity index (χ2n) is 2.27. The molecule has 0 heterocycles. The van der Waals surface area contributed by atoms with Crippen LogP contribution in [0.1, 0.15) is 13.3 Å². The van der Waals surface area contributed by atoms with E-state index in [0.717, 1.165) is 19.5 Å². The lowest BCUT2D eigenvalue weighted by molar-refractivity contribution is 0.766. The van der Waals surface area contributed by atoms with Gasteiger partial charge in [0, 0.05) is 18.8 Å². The Labute approximate surface area is 68.3 Å². The molecule has 0 unspecified atom stereocenters. The number of hydrogen-bond acceptors (Lipinski definition) is 2. The molecule has 0 rings (SSSR count). The first-order valence-corrected chi connectivity index (χ1v) is 5.07. The largest absolute Gasteiger partial charge is 0.312 e. The number of hydrogen-bond donors (Lipinski definition) is 1. The van der Waals surface area contributed by atoms with Crippen LogP contribution in [0.2, 0.25) is 0 Å². The summed E-state index contributed by atoms with van der Waals surface area (Å²) in [5.41, 5.74) is 1.29. The fourth-order valence-electron chi connectivity index (χ4n) is 0.564. The van der Waals surface area contributed by atoms with Crippen LogP contribution in [-0.2, 0) is 0 Å². The molecule has 0 fully saturated rings. The fraction of sp³-hybridized carbons (Fsp3) is 0.750. The van der Waals surface area contributed by atoms with E-state index in [0.29, 0.717) is 0 Å². The molecule has 0 radical (unpaired) electrons. The van der Waals surface area contributed by atoms with Gasteiger partial charge in [-0.25, -0.2) is 0 Å². The first-order valence-electron chi connectivity index (χ1n) is 3.67. The third-order valence-electron chi connectivity index (χ3n) is 1.36. The average molecular weight is 159 g/mol. The Morgan fingerprint density at radius 1 is 1.60 bits per heavy atom. The van der Waals surface area contributed by atoms with Crippen LogP contribution in [0.25, 0.3) is 0 Å². The van der Waals surface area contributed by atoms with Gasteiger partial charge in [0.1, 0.15) is 0 Å². The highest BCUT2D eigenvalue weighted by Crippen LogP contribution is 1.93. The van der Waals surface area contributed by atoms with Gasteiger partial charge in [-0.15, -0.1) is 0 Å². The molecule has 0 aliphatic heterocycles. The summed E-state index contributed by atoms with van der Waals surface area (Å²) >= 11 is 1.87. The summed E-state index contributed by atoms with van der Waals surface area (Å²) in [6.07, 6.45) is 3.21. The van der Waals surface area contributed by atoms with Gasteiger partial charge >= 0.3 is 0 Å². The zero-order chi connectivity index (χ0) is 7.82. The van der Waals surface area contributed by atoms with Gasteiger partial charge in [0.15, 0.2) is 0 Å². The molecule has 2 heteroatoms. The van der Waals surface area contributed by atoms with E-state index in [-0.39, 0.29) is 0 Å². The molecule has 0 saturated heterocycles. The van der Waals surface area contributed by atoms with Crippen LogP contribution in [0.3, 0.4) is 0 Å². The van der Waals surface area contributed by atoms with Crippen LogP contribution >= 0.6 is 11.8 Å². The molecule has 0 aromatic carbocycles. The maximum absolute atomic E-state index is 3.90. The lowest BCUT2D eigenvalue weighted by Gasteiger charge is -2.03. The van der Waals surface area contributed by atoms with Crippen LogP contribution in [0.15, 0.2) is 12.2 Å². The SMILES string of the molecule is C=C(CC)CNCCSC. The van der Waals surface area contributed by atoms with Crippen molar-refractivity contribution in [3.05, 3.63) is 12.2 Å². The second-order valence-corrected chi connectivity index (χ2v) is 3.26. The van der Waals surface area contributed by atoms with Gasteiger partial charge in [-0.05, 0) is 12.7 Å². The molecule has 0 aromatic rings. The quantitative estimate of drug-likeness (QED) is 0.469. The minimum atomic E-state index is 0.983. The van der Waals surface area contributed by atoms with Crippen molar-refractivity contribution in [2.24, 2.45) is 0 Å². The van der Waals surface area contributed by atoms with Gasteiger partial charge < -0.3 is 5.32 Å². The van der Waals surface area contributed by atoms with Crippen molar-refractivity contribution in [3.63, 3.8) is 0 Å². The highest BCUT2D eigenvalue weighted by atomic mass is 32.2. The summed E-state index contributed by atoms with van der Waals surface area (Å²) in [5.74, 6) is 1.19. The van der Waals surface area contributed by atoms with E-state index in [1.165, 1.54) is 11.3 Å². The molecule has 1 N–H and O–H groups in total. The highest BCUT2D eigenvalue weighted by molar-refractivity contribution is 7.98. The molecular formula is C8H17NS. The van der Waals surface area contributed by atoms with E-state index in [2.05, 4.69) is 25.1 Å². The van der Waals surface area contributed by atoms with Gasteiger partial charge in [0.05, 0.1) is 0 Å². The predicted molar refractivity (Wildman–Crippen MR) is 50.7 cm³/mol. The summed E-state index contributed by atoms with van der Waals surface area (Å²) in [6.45, 7) is 8.12. The van der Waals surface area contributed by atoms with E-state index in [9.17, 15) is 0 Å². The zero-order valence-corrected chi connectivity index (χ0v) is 7.76. The topological polar surface area (TPSA) is 12.0 Å². The van der Waals surface area contributed by atoms with E-state index in [1.54, 1.807) is 0 Å². The fourth-order valence-corrected chi connectivity index (χ4v) is 0.913. The lowest BCUT2D eigenvalue weighted by Crippen LogP contribution is -2.19. The van der Waals surface area contributed by atoms with Crippen molar-refractivity contribution in [3.8, 4) is 0 Å². The Morgan fingerprint density at radius 2 is 2.30 bits per heavy atom. The van der Waals surface area contributed by atoms with E-state index < -0.39 is 0 Å². The number of nitrogens with one attached hydrogen (secondary N) is 1. The van der Waals surface area contributed by atoms with Crippen LogP contribution in [0.4, 0.5) is 0 Å². The molecule has 1 nitrogen and oxygen atoms in total. The second kappa shape index (κ2) is 7.16. The smallest absolute Gasteiger partial charge is 0.0162 e. The molecule has 0 aliphatic carbocycles. The van der Waals surface area contributed by atoms with Gasteiger partial charge in [-0.2, -0.15) is 11.8 Å². The molecular weight excluding hydrogens is 142 g/mol.